The third kappa shape index (κ3) is 6.93. The smallest absolute Gasteiger partial charge is 0.192 e. The molecule has 0 rings (SSSR count). The van der Waals surface area contributed by atoms with E-state index < -0.39 is 22.0 Å². The van der Waals surface area contributed by atoms with Crippen molar-refractivity contribution < 1.29 is 13.6 Å². The van der Waals surface area contributed by atoms with E-state index in [9.17, 15) is 4.79 Å². The highest BCUT2D eigenvalue weighted by molar-refractivity contribution is 6.74. The van der Waals surface area contributed by atoms with Crippen molar-refractivity contribution in [1.82, 2.24) is 0 Å². The van der Waals surface area contributed by atoms with Crippen LogP contribution in [0.2, 0.25) is 36.3 Å². The Kier molecular flexibility index (Phi) is 9.63. The third-order valence-corrected chi connectivity index (χ3v) is 16.2. The second-order valence-corrected chi connectivity index (χ2v) is 21.0. The van der Waals surface area contributed by atoms with Crippen molar-refractivity contribution in [2.24, 2.45) is 5.41 Å². The van der Waals surface area contributed by atoms with Crippen molar-refractivity contribution in [2.75, 3.05) is 6.61 Å². The number of allylic oxidation sites excluding steroid dienone is 1. The summed E-state index contributed by atoms with van der Waals surface area (Å²) in [7, 11) is -3.86. The standard InChI is InChI=1S/C23H48O3Si2/c1-14-17-23(9,19(24)15-2)20(26-28(12,13)22(6,7)8)16-18-25-27(10,11)21(3,4)5/h14,20H,1,15-18H2,2-13H3/t20-,23-/m0/s1. The molecule has 0 saturated carbocycles. The summed E-state index contributed by atoms with van der Waals surface area (Å²) in [6.45, 7) is 31.1. The second kappa shape index (κ2) is 9.71. The Bertz CT molecular complexity index is 527. The summed E-state index contributed by atoms with van der Waals surface area (Å²) in [4.78, 5) is 13.0. The average molecular weight is 429 g/mol. The van der Waals surface area contributed by atoms with Gasteiger partial charge in [0.25, 0.3) is 0 Å². The van der Waals surface area contributed by atoms with Crippen molar-refractivity contribution in [3.8, 4) is 0 Å². The van der Waals surface area contributed by atoms with Crippen LogP contribution in [-0.4, -0.2) is 35.1 Å². The number of carbonyl (C=O) groups is 1. The first-order valence-electron chi connectivity index (χ1n) is 10.8. The van der Waals surface area contributed by atoms with Crippen LogP contribution in [0.1, 0.15) is 74.7 Å². The summed E-state index contributed by atoms with van der Waals surface area (Å²) in [5.41, 5.74) is -0.553. The highest BCUT2D eigenvalue weighted by Crippen LogP contribution is 2.43. The largest absolute Gasteiger partial charge is 0.417 e. The van der Waals surface area contributed by atoms with Gasteiger partial charge in [0.1, 0.15) is 5.78 Å². The van der Waals surface area contributed by atoms with Crippen molar-refractivity contribution in [1.29, 1.82) is 0 Å². The van der Waals surface area contributed by atoms with E-state index in [1.54, 1.807) is 0 Å². The molecule has 0 radical (unpaired) electrons. The van der Waals surface area contributed by atoms with Gasteiger partial charge in [0, 0.05) is 13.0 Å². The van der Waals surface area contributed by atoms with E-state index in [2.05, 4.69) is 81.2 Å². The van der Waals surface area contributed by atoms with E-state index in [1.165, 1.54) is 0 Å². The predicted molar refractivity (Wildman–Crippen MR) is 128 cm³/mol. The van der Waals surface area contributed by atoms with E-state index >= 15 is 0 Å². The van der Waals surface area contributed by atoms with Crippen LogP contribution in [0.5, 0.6) is 0 Å². The maximum atomic E-state index is 13.0. The van der Waals surface area contributed by atoms with Crippen LogP contribution in [0.15, 0.2) is 12.7 Å². The zero-order valence-electron chi connectivity index (χ0n) is 20.9. The molecule has 0 aliphatic rings. The van der Waals surface area contributed by atoms with Gasteiger partial charge in [-0.05, 0) is 56.0 Å². The fourth-order valence-electron chi connectivity index (χ4n) is 2.81. The summed E-state index contributed by atoms with van der Waals surface area (Å²) in [5.74, 6) is 0.253. The average Bonchev–Trinajstić information content (AvgIpc) is 2.50. The van der Waals surface area contributed by atoms with Gasteiger partial charge in [-0.1, -0.05) is 54.5 Å². The Morgan fingerprint density at radius 2 is 1.43 bits per heavy atom. The molecule has 0 heterocycles. The first-order valence-corrected chi connectivity index (χ1v) is 16.6. The zero-order chi connectivity index (χ0) is 22.6. The topological polar surface area (TPSA) is 35.5 Å². The van der Waals surface area contributed by atoms with Crippen LogP contribution in [0.4, 0.5) is 0 Å². The van der Waals surface area contributed by atoms with Crippen LogP contribution in [0.25, 0.3) is 0 Å². The molecule has 0 spiro atoms. The van der Waals surface area contributed by atoms with Gasteiger partial charge in [-0.3, -0.25) is 4.79 Å². The van der Waals surface area contributed by atoms with Crippen LogP contribution in [-0.2, 0) is 13.6 Å². The highest BCUT2D eigenvalue weighted by atomic mass is 28.4. The van der Waals surface area contributed by atoms with Crippen molar-refractivity contribution in [3.05, 3.63) is 12.7 Å². The summed E-state index contributed by atoms with van der Waals surface area (Å²) < 4.78 is 13.3. The molecular weight excluding hydrogens is 380 g/mol. The molecule has 0 unspecified atom stereocenters. The quantitative estimate of drug-likeness (QED) is 0.255. The third-order valence-electron chi connectivity index (χ3n) is 7.13. The molecule has 0 bridgehead atoms. The fraction of sp³-hybridized carbons (Fsp3) is 0.870. The van der Waals surface area contributed by atoms with Crippen LogP contribution >= 0.6 is 0 Å². The second-order valence-electron chi connectivity index (χ2n) is 11.5. The zero-order valence-corrected chi connectivity index (χ0v) is 22.9. The molecule has 0 aromatic carbocycles. The maximum absolute atomic E-state index is 13.0. The lowest BCUT2D eigenvalue weighted by atomic mass is 9.75. The van der Waals surface area contributed by atoms with Gasteiger partial charge in [-0.25, -0.2) is 0 Å². The molecule has 3 nitrogen and oxygen atoms in total. The number of carbonyl (C=O) groups excluding carboxylic acids is 1. The number of rotatable bonds is 11. The minimum absolute atomic E-state index is 0.0931. The minimum Gasteiger partial charge on any atom is -0.417 e. The summed E-state index contributed by atoms with van der Waals surface area (Å²) in [5, 5.41) is 0.266. The van der Waals surface area contributed by atoms with Crippen LogP contribution in [0.3, 0.4) is 0 Å². The molecule has 28 heavy (non-hydrogen) atoms. The van der Waals surface area contributed by atoms with E-state index in [-0.39, 0.29) is 22.0 Å². The van der Waals surface area contributed by atoms with Gasteiger partial charge in [0.2, 0.25) is 0 Å². The maximum Gasteiger partial charge on any atom is 0.192 e. The van der Waals surface area contributed by atoms with E-state index in [0.29, 0.717) is 19.4 Å². The lowest BCUT2D eigenvalue weighted by Gasteiger charge is -2.45. The first kappa shape index (κ1) is 27.8. The number of ketones is 1. The van der Waals surface area contributed by atoms with Gasteiger partial charge >= 0.3 is 0 Å². The molecule has 0 saturated heterocycles. The van der Waals surface area contributed by atoms with E-state index in [0.717, 1.165) is 6.42 Å². The first-order chi connectivity index (χ1) is 12.4. The molecule has 166 valence electrons. The summed E-state index contributed by atoms with van der Waals surface area (Å²) >= 11 is 0. The minimum atomic E-state index is -2.03. The molecule has 0 aliphatic carbocycles. The van der Waals surface area contributed by atoms with Gasteiger partial charge in [0.15, 0.2) is 16.6 Å². The lowest BCUT2D eigenvalue weighted by Crippen LogP contribution is -2.51. The Labute approximate surface area is 177 Å². The Morgan fingerprint density at radius 1 is 0.964 bits per heavy atom. The molecule has 0 aromatic rings. The van der Waals surface area contributed by atoms with Crippen LogP contribution in [0, 0.1) is 5.41 Å². The van der Waals surface area contributed by atoms with Gasteiger partial charge in [-0.15, -0.1) is 6.58 Å². The Balaban J connectivity index is 5.74. The van der Waals surface area contributed by atoms with Crippen LogP contribution < -0.4 is 0 Å². The van der Waals surface area contributed by atoms with Crippen molar-refractivity contribution >= 4 is 22.4 Å². The Hall–Kier alpha value is -0.236. The number of hydrogen-bond donors (Lipinski definition) is 0. The number of Topliss-reactive ketones (excluding diaryl/α,β-unsaturated/α-hetero) is 1. The summed E-state index contributed by atoms with van der Waals surface area (Å²) in [6, 6.07) is 0. The van der Waals surface area contributed by atoms with E-state index in [4.69, 9.17) is 8.85 Å². The van der Waals surface area contributed by atoms with Gasteiger partial charge < -0.3 is 8.85 Å². The molecule has 5 heteroatoms. The van der Waals surface area contributed by atoms with Crippen molar-refractivity contribution in [2.45, 2.75) is 117 Å². The molecule has 0 amide bonds. The number of hydrogen-bond acceptors (Lipinski definition) is 3. The monoisotopic (exact) mass is 428 g/mol. The molecule has 2 atom stereocenters. The lowest BCUT2D eigenvalue weighted by molar-refractivity contribution is -0.133. The van der Waals surface area contributed by atoms with E-state index in [1.807, 2.05) is 13.0 Å². The highest BCUT2D eigenvalue weighted by Gasteiger charge is 2.46. The molecule has 0 N–H and O–H groups in total. The molecular formula is C23H48O3Si2. The molecule has 0 aliphatic heterocycles. The molecule has 0 fully saturated rings. The van der Waals surface area contributed by atoms with Crippen molar-refractivity contribution in [3.63, 3.8) is 0 Å². The van der Waals surface area contributed by atoms with Gasteiger partial charge in [0.05, 0.1) is 11.5 Å². The predicted octanol–water partition coefficient (Wildman–Crippen LogP) is 7.35. The Morgan fingerprint density at radius 3 is 1.79 bits per heavy atom. The summed E-state index contributed by atoms with van der Waals surface area (Å²) in [6.07, 6.45) is 3.62. The van der Waals surface area contributed by atoms with Gasteiger partial charge in [-0.2, -0.15) is 0 Å². The fourth-order valence-corrected chi connectivity index (χ4v) is 5.31. The normalized spacial score (nSPS) is 17.1. The SMILES string of the molecule is C=CC[C@@](C)(C(=O)CC)[C@H](CCO[Si](C)(C)C(C)(C)C)O[Si](C)(C)C(C)(C)C. The molecule has 0 aromatic heterocycles.